The van der Waals surface area contributed by atoms with Gasteiger partial charge >= 0.3 is 0 Å². The summed E-state index contributed by atoms with van der Waals surface area (Å²) < 4.78 is 5.80. The molecule has 0 saturated heterocycles. The molecule has 1 heterocycles. The summed E-state index contributed by atoms with van der Waals surface area (Å²) in [5.41, 5.74) is 9.61. The molecule has 2 rings (SSSR count). The van der Waals surface area contributed by atoms with Gasteiger partial charge in [-0.05, 0) is 38.0 Å². The molecule has 0 fully saturated rings. The number of aryl methyl sites for hydroxylation is 3. The second-order valence-electron chi connectivity index (χ2n) is 4.66. The van der Waals surface area contributed by atoms with E-state index in [1.165, 1.54) is 0 Å². The van der Waals surface area contributed by atoms with E-state index in [2.05, 4.69) is 18.0 Å². The van der Waals surface area contributed by atoms with Gasteiger partial charge in [-0.2, -0.15) is 5.26 Å². The van der Waals surface area contributed by atoms with Crippen LogP contribution in [0.25, 0.3) is 0 Å². The Labute approximate surface area is 118 Å². The van der Waals surface area contributed by atoms with Crippen molar-refractivity contribution < 1.29 is 4.74 Å². The van der Waals surface area contributed by atoms with Gasteiger partial charge in [-0.3, -0.25) is 4.98 Å². The van der Waals surface area contributed by atoms with Gasteiger partial charge in [0.1, 0.15) is 23.1 Å². The molecule has 1 aromatic heterocycles. The lowest BCUT2D eigenvalue weighted by atomic mass is 10.1. The quantitative estimate of drug-likeness (QED) is 0.864. The first-order valence-electron chi connectivity index (χ1n) is 6.49. The molecule has 2 aromatic rings. The highest BCUT2D eigenvalue weighted by molar-refractivity contribution is 5.57. The highest BCUT2D eigenvalue weighted by atomic mass is 16.5. The molecular formula is C16H17N3O. The fourth-order valence-corrected chi connectivity index (χ4v) is 2.04. The zero-order chi connectivity index (χ0) is 14.7. The monoisotopic (exact) mass is 267 g/mol. The van der Waals surface area contributed by atoms with Crippen LogP contribution in [0.5, 0.6) is 11.5 Å². The molecule has 0 unspecified atom stereocenters. The van der Waals surface area contributed by atoms with Crippen LogP contribution in [0.3, 0.4) is 0 Å². The summed E-state index contributed by atoms with van der Waals surface area (Å²) in [6, 6.07) is 9.57. The predicted octanol–water partition coefficient (Wildman–Crippen LogP) is 3.51. The molecule has 0 bridgehead atoms. The Morgan fingerprint density at radius 1 is 1.25 bits per heavy atom. The van der Waals surface area contributed by atoms with E-state index in [0.29, 0.717) is 28.4 Å². The van der Waals surface area contributed by atoms with Crippen LogP contribution in [0.2, 0.25) is 0 Å². The fourth-order valence-electron chi connectivity index (χ4n) is 2.04. The summed E-state index contributed by atoms with van der Waals surface area (Å²) >= 11 is 0. The van der Waals surface area contributed by atoms with Crippen LogP contribution < -0.4 is 10.5 Å². The summed E-state index contributed by atoms with van der Waals surface area (Å²) in [6.45, 7) is 5.73. The second kappa shape index (κ2) is 5.62. The minimum absolute atomic E-state index is 0.439. The van der Waals surface area contributed by atoms with Crippen molar-refractivity contribution in [2.45, 2.75) is 27.2 Å². The zero-order valence-electron chi connectivity index (χ0n) is 11.9. The van der Waals surface area contributed by atoms with Crippen molar-refractivity contribution in [3.05, 3.63) is 46.8 Å². The third-order valence-corrected chi connectivity index (χ3v) is 3.11. The summed E-state index contributed by atoms with van der Waals surface area (Å²) in [6.07, 6.45) is 0.918. The summed E-state index contributed by atoms with van der Waals surface area (Å²) in [7, 11) is 0. The number of nitrogens with two attached hydrogens (primary N) is 1. The van der Waals surface area contributed by atoms with Gasteiger partial charge in [0.15, 0.2) is 0 Å². The topological polar surface area (TPSA) is 71.9 Å². The van der Waals surface area contributed by atoms with Crippen molar-refractivity contribution in [2.24, 2.45) is 0 Å². The maximum atomic E-state index is 9.22. The van der Waals surface area contributed by atoms with Gasteiger partial charge in [0.2, 0.25) is 0 Å². The molecule has 2 N–H and O–H groups in total. The predicted molar refractivity (Wildman–Crippen MR) is 78.7 cm³/mol. The lowest BCUT2D eigenvalue weighted by Crippen LogP contribution is -1.99. The Kier molecular flexibility index (Phi) is 3.90. The Bertz CT molecular complexity index is 687. The molecule has 0 aliphatic carbocycles. The molecule has 0 amide bonds. The summed E-state index contributed by atoms with van der Waals surface area (Å²) in [4.78, 5) is 4.26. The molecule has 4 nitrogen and oxygen atoms in total. The van der Waals surface area contributed by atoms with Crippen LogP contribution in [0, 0.1) is 25.2 Å². The SMILES string of the molecule is CCc1ccc(Oc2cc(C)nc(C)c2C#N)c(N)c1. The van der Waals surface area contributed by atoms with E-state index in [1.54, 1.807) is 13.0 Å². The van der Waals surface area contributed by atoms with Crippen LogP contribution in [-0.4, -0.2) is 4.98 Å². The molecule has 0 radical (unpaired) electrons. The number of anilines is 1. The minimum Gasteiger partial charge on any atom is -0.454 e. The van der Waals surface area contributed by atoms with E-state index in [9.17, 15) is 5.26 Å². The van der Waals surface area contributed by atoms with E-state index >= 15 is 0 Å². The lowest BCUT2D eigenvalue weighted by molar-refractivity contribution is 0.481. The van der Waals surface area contributed by atoms with E-state index in [-0.39, 0.29) is 0 Å². The molecule has 0 aliphatic heterocycles. The number of ether oxygens (including phenoxy) is 1. The van der Waals surface area contributed by atoms with Gasteiger partial charge in [-0.1, -0.05) is 13.0 Å². The second-order valence-corrected chi connectivity index (χ2v) is 4.66. The number of nitriles is 1. The maximum Gasteiger partial charge on any atom is 0.150 e. The van der Waals surface area contributed by atoms with Gasteiger partial charge in [-0.25, -0.2) is 0 Å². The van der Waals surface area contributed by atoms with Crippen molar-refractivity contribution in [1.82, 2.24) is 4.98 Å². The first-order valence-corrected chi connectivity index (χ1v) is 6.49. The third-order valence-electron chi connectivity index (χ3n) is 3.11. The van der Waals surface area contributed by atoms with E-state index in [4.69, 9.17) is 10.5 Å². The van der Waals surface area contributed by atoms with Crippen LogP contribution in [0.1, 0.15) is 29.4 Å². The number of benzene rings is 1. The summed E-state index contributed by atoms with van der Waals surface area (Å²) in [5, 5.41) is 9.22. The largest absolute Gasteiger partial charge is 0.454 e. The van der Waals surface area contributed by atoms with Gasteiger partial charge in [0, 0.05) is 11.8 Å². The third kappa shape index (κ3) is 2.72. The van der Waals surface area contributed by atoms with Crippen LogP contribution in [-0.2, 0) is 6.42 Å². The lowest BCUT2D eigenvalue weighted by Gasteiger charge is -2.12. The standard InChI is InChI=1S/C16H17N3O/c1-4-12-5-6-15(14(18)8-12)20-16-7-10(2)19-11(3)13(16)9-17/h5-8H,4,18H2,1-3H3. The highest BCUT2D eigenvalue weighted by Gasteiger charge is 2.12. The Morgan fingerprint density at radius 3 is 2.60 bits per heavy atom. The molecule has 0 spiro atoms. The first-order chi connectivity index (χ1) is 9.55. The van der Waals surface area contributed by atoms with Gasteiger partial charge in [0.25, 0.3) is 0 Å². The zero-order valence-corrected chi connectivity index (χ0v) is 11.9. The number of nitrogens with zero attached hydrogens (tertiary/aromatic N) is 2. The van der Waals surface area contributed by atoms with Crippen molar-refractivity contribution in [2.75, 3.05) is 5.73 Å². The van der Waals surface area contributed by atoms with Crippen molar-refractivity contribution >= 4 is 5.69 Å². The molecule has 102 valence electrons. The van der Waals surface area contributed by atoms with E-state index in [0.717, 1.165) is 17.7 Å². The number of rotatable bonds is 3. The average Bonchev–Trinajstić information content (AvgIpc) is 2.40. The summed E-state index contributed by atoms with van der Waals surface area (Å²) in [5.74, 6) is 1.05. The molecular weight excluding hydrogens is 250 g/mol. The Balaban J connectivity index is 2.42. The molecule has 0 aliphatic rings. The van der Waals surface area contributed by atoms with Crippen LogP contribution in [0.15, 0.2) is 24.3 Å². The van der Waals surface area contributed by atoms with Gasteiger partial charge in [0.05, 0.1) is 11.4 Å². The normalized spacial score (nSPS) is 10.1. The molecule has 0 saturated carbocycles. The highest BCUT2D eigenvalue weighted by Crippen LogP contribution is 2.31. The van der Waals surface area contributed by atoms with Crippen molar-refractivity contribution in [3.8, 4) is 17.6 Å². The van der Waals surface area contributed by atoms with Gasteiger partial charge in [-0.15, -0.1) is 0 Å². The van der Waals surface area contributed by atoms with Crippen LogP contribution in [0.4, 0.5) is 5.69 Å². The van der Waals surface area contributed by atoms with Crippen LogP contribution >= 0.6 is 0 Å². The fraction of sp³-hybridized carbons (Fsp3) is 0.250. The number of hydrogen-bond acceptors (Lipinski definition) is 4. The van der Waals surface area contributed by atoms with E-state index in [1.807, 2.05) is 25.1 Å². The Hall–Kier alpha value is -2.54. The first kappa shape index (κ1) is 13.9. The van der Waals surface area contributed by atoms with Crippen molar-refractivity contribution in [3.63, 3.8) is 0 Å². The maximum absolute atomic E-state index is 9.22. The smallest absolute Gasteiger partial charge is 0.150 e. The van der Waals surface area contributed by atoms with Crippen molar-refractivity contribution in [1.29, 1.82) is 5.26 Å². The number of aromatic nitrogens is 1. The van der Waals surface area contributed by atoms with E-state index < -0.39 is 0 Å². The molecule has 4 heteroatoms. The van der Waals surface area contributed by atoms with Gasteiger partial charge < -0.3 is 10.5 Å². The molecule has 0 atom stereocenters. The number of nitrogen functional groups attached to an aromatic ring is 1. The molecule has 20 heavy (non-hydrogen) atoms. The Morgan fingerprint density at radius 2 is 2.00 bits per heavy atom. The minimum atomic E-state index is 0.439. The number of hydrogen-bond donors (Lipinski definition) is 1. The average molecular weight is 267 g/mol. The molecule has 1 aromatic carbocycles. The number of pyridine rings is 1.